The van der Waals surface area contributed by atoms with Gasteiger partial charge >= 0.3 is 6.18 Å². The lowest BCUT2D eigenvalue weighted by Crippen LogP contribution is -2.20. The molecule has 1 unspecified atom stereocenters. The van der Waals surface area contributed by atoms with Gasteiger partial charge in [-0.05, 0) is 42.5 Å². The molecule has 0 amide bonds. The molecule has 0 N–H and O–H groups in total. The van der Waals surface area contributed by atoms with Gasteiger partial charge in [-0.15, -0.1) is 0 Å². The van der Waals surface area contributed by atoms with E-state index >= 15 is 0 Å². The predicted molar refractivity (Wildman–Crippen MR) is 77.9 cm³/mol. The number of halogens is 3. The van der Waals surface area contributed by atoms with Crippen LogP contribution in [-0.2, 0) is 20.9 Å². The van der Waals surface area contributed by atoms with Gasteiger partial charge in [0.05, 0.1) is 18.2 Å². The van der Waals surface area contributed by atoms with Crippen LogP contribution in [0.3, 0.4) is 0 Å². The predicted octanol–water partition coefficient (Wildman–Crippen LogP) is 3.89. The Balaban J connectivity index is 2.93. The van der Waals surface area contributed by atoms with Crippen molar-refractivity contribution in [3.63, 3.8) is 0 Å². The number of alkyl halides is 3. The highest BCUT2D eigenvalue weighted by molar-refractivity contribution is 8.13. The Morgan fingerprint density at radius 2 is 1.86 bits per heavy atom. The molecule has 0 saturated carbocycles. The van der Waals surface area contributed by atoms with Gasteiger partial charge in [0.2, 0.25) is 6.49 Å². The molecule has 8 heteroatoms. The Morgan fingerprint density at radius 1 is 1.24 bits per heavy atom. The highest BCUT2D eigenvalue weighted by Gasteiger charge is 2.33. The monoisotopic (exact) mass is 337 g/mol. The number of unbranched alkanes of at least 4 members (excludes halogenated alkanes) is 1. The first kappa shape index (κ1) is 18.1. The molecule has 116 valence electrons. The quantitative estimate of drug-likeness (QED) is 0.559. The first-order valence-electron chi connectivity index (χ1n) is 6.27. The van der Waals surface area contributed by atoms with Crippen LogP contribution >= 0.6 is 6.49 Å². The molecule has 0 radical (unpaired) electrons. The summed E-state index contributed by atoms with van der Waals surface area (Å²) in [6.45, 7) is -2.49. The second kappa shape index (κ2) is 7.90. The van der Waals surface area contributed by atoms with Crippen LogP contribution in [0.15, 0.2) is 24.3 Å². The van der Waals surface area contributed by atoms with E-state index in [0.717, 1.165) is 6.42 Å². The number of hydrogen-bond donors (Lipinski definition) is 0. The fraction of sp³-hybridized carbons (Fsp3) is 0.462. The Kier molecular flexibility index (Phi) is 6.82. The Hall–Kier alpha value is -0.930. The molecule has 0 saturated heterocycles. The molecule has 0 spiro atoms. The van der Waals surface area contributed by atoms with Gasteiger partial charge in [-0.25, -0.2) is 0 Å². The van der Waals surface area contributed by atoms with Gasteiger partial charge in [0.1, 0.15) is 0 Å². The molecule has 0 bridgehead atoms. The Bertz CT molecular complexity index is 540. The van der Waals surface area contributed by atoms with Gasteiger partial charge < -0.3 is 9.05 Å². The van der Waals surface area contributed by atoms with Crippen LogP contribution < -0.4 is 5.30 Å². The summed E-state index contributed by atoms with van der Waals surface area (Å²) in [6.07, 6.45) is -2.95. The topological polar surface area (TPSA) is 42.2 Å². The van der Waals surface area contributed by atoms with Crippen molar-refractivity contribution in [1.29, 1.82) is 5.26 Å². The Labute approximate surface area is 126 Å². The van der Waals surface area contributed by atoms with Crippen molar-refractivity contribution in [2.45, 2.75) is 25.9 Å². The number of rotatable bonds is 7. The van der Waals surface area contributed by atoms with Gasteiger partial charge in [-0.2, -0.15) is 18.4 Å². The third kappa shape index (κ3) is 6.15. The molecule has 21 heavy (non-hydrogen) atoms. The number of benzene rings is 1. The molecular weight excluding hydrogens is 322 g/mol. The first-order valence-corrected chi connectivity index (χ1v) is 8.91. The molecule has 0 aliphatic carbocycles. The number of hydrogen-bond acceptors (Lipinski definition) is 4. The second-order valence-electron chi connectivity index (χ2n) is 4.23. The molecule has 1 aromatic rings. The zero-order valence-electron chi connectivity index (χ0n) is 11.4. The maximum Gasteiger partial charge on any atom is 0.412 e. The molecule has 1 aromatic carbocycles. The summed E-state index contributed by atoms with van der Waals surface area (Å²) in [5.74, 6) is 0. The number of nitrogens with zero attached hydrogens (tertiary/aromatic N) is 1. The van der Waals surface area contributed by atoms with Crippen molar-refractivity contribution in [2.75, 3.05) is 13.2 Å². The van der Waals surface area contributed by atoms with Crippen molar-refractivity contribution < 1.29 is 22.2 Å². The van der Waals surface area contributed by atoms with Gasteiger partial charge in [0.15, 0.2) is 6.61 Å². The van der Waals surface area contributed by atoms with Crippen LogP contribution in [0.1, 0.15) is 25.3 Å². The van der Waals surface area contributed by atoms with Crippen LogP contribution in [0.25, 0.3) is 0 Å². The summed E-state index contributed by atoms with van der Waals surface area (Å²) >= 11 is 5.21. The molecular formula is C13H15F3NO2PS. The van der Waals surface area contributed by atoms with E-state index in [0.29, 0.717) is 17.3 Å². The molecule has 0 aliphatic rings. The van der Waals surface area contributed by atoms with Gasteiger partial charge in [0, 0.05) is 5.30 Å². The molecule has 1 atom stereocenters. The van der Waals surface area contributed by atoms with E-state index in [4.69, 9.17) is 26.1 Å². The smallest absolute Gasteiger partial charge is 0.326 e. The zero-order valence-corrected chi connectivity index (χ0v) is 13.1. The Morgan fingerprint density at radius 3 is 2.33 bits per heavy atom. The maximum atomic E-state index is 12.4. The van der Waals surface area contributed by atoms with Gasteiger partial charge in [-0.1, -0.05) is 13.3 Å². The highest BCUT2D eigenvalue weighted by atomic mass is 32.5. The normalized spacial score (nSPS) is 14.4. The minimum atomic E-state index is -4.47. The van der Waals surface area contributed by atoms with Crippen LogP contribution in [0.2, 0.25) is 0 Å². The van der Waals surface area contributed by atoms with Crippen LogP contribution in [0, 0.1) is 11.3 Å². The lowest BCUT2D eigenvalue weighted by Gasteiger charge is -2.23. The second-order valence-corrected chi connectivity index (χ2v) is 7.70. The van der Waals surface area contributed by atoms with Crippen molar-refractivity contribution in [3.8, 4) is 6.07 Å². The fourth-order valence-corrected chi connectivity index (χ4v) is 3.71. The van der Waals surface area contributed by atoms with Gasteiger partial charge in [-0.3, -0.25) is 0 Å². The van der Waals surface area contributed by atoms with E-state index in [9.17, 15) is 13.2 Å². The van der Waals surface area contributed by atoms with Crippen molar-refractivity contribution >= 4 is 23.6 Å². The third-order valence-corrected chi connectivity index (χ3v) is 5.66. The molecule has 0 aromatic heterocycles. The molecule has 0 fully saturated rings. The summed E-state index contributed by atoms with van der Waals surface area (Å²) in [4.78, 5) is 0. The average molecular weight is 337 g/mol. The maximum absolute atomic E-state index is 12.4. The molecule has 3 nitrogen and oxygen atoms in total. The standard InChI is InChI=1S/C13H15F3NO2PS/c1-2-3-8-18-20(21,19-10-13(14,15)16)12-6-4-11(9-17)5-7-12/h4-7H,2-3,8,10H2,1H3. The summed E-state index contributed by atoms with van der Waals surface area (Å²) in [6, 6.07) is 7.87. The van der Waals surface area contributed by atoms with Crippen molar-refractivity contribution in [2.24, 2.45) is 0 Å². The van der Waals surface area contributed by atoms with E-state index < -0.39 is 19.3 Å². The van der Waals surface area contributed by atoms with Crippen LogP contribution in [0.4, 0.5) is 13.2 Å². The summed E-state index contributed by atoms with van der Waals surface area (Å²) in [5.41, 5.74) is 0.393. The SMILES string of the molecule is CCCCOP(=S)(OCC(F)(F)F)c1ccc(C#N)cc1. The molecule has 1 rings (SSSR count). The third-order valence-electron chi connectivity index (χ3n) is 2.47. The molecule has 0 heterocycles. The van der Waals surface area contributed by atoms with Crippen LogP contribution in [-0.4, -0.2) is 19.4 Å². The summed E-state index contributed by atoms with van der Waals surface area (Å²) in [7, 11) is 0. The zero-order chi connectivity index (χ0) is 15.9. The highest BCUT2D eigenvalue weighted by Crippen LogP contribution is 2.48. The van der Waals surface area contributed by atoms with Gasteiger partial charge in [0.25, 0.3) is 0 Å². The minimum Gasteiger partial charge on any atom is -0.326 e. The lowest BCUT2D eigenvalue weighted by atomic mass is 10.2. The number of nitriles is 1. The first-order chi connectivity index (χ1) is 9.80. The summed E-state index contributed by atoms with van der Waals surface area (Å²) in [5, 5.41) is 9.11. The fourth-order valence-electron chi connectivity index (χ4n) is 1.39. The van der Waals surface area contributed by atoms with Crippen molar-refractivity contribution in [3.05, 3.63) is 29.8 Å². The van der Waals surface area contributed by atoms with E-state index in [1.165, 1.54) is 24.3 Å². The van der Waals surface area contributed by atoms with Crippen LogP contribution in [0.5, 0.6) is 0 Å². The largest absolute Gasteiger partial charge is 0.412 e. The molecule has 0 aliphatic heterocycles. The van der Waals surface area contributed by atoms with E-state index in [1.54, 1.807) is 0 Å². The average Bonchev–Trinajstić information content (AvgIpc) is 2.45. The van der Waals surface area contributed by atoms with Crippen molar-refractivity contribution in [1.82, 2.24) is 0 Å². The minimum absolute atomic E-state index is 0.242. The lowest BCUT2D eigenvalue weighted by molar-refractivity contribution is -0.153. The summed E-state index contributed by atoms with van der Waals surface area (Å²) < 4.78 is 47.4. The van der Waals surface area contributed by atoms with E-state index in [-0.39, 0.29) is 6.61 Å². The van der Waals surface area contributed by atoms with E-state index in [1.807, 2.05) is 13.0 Å². The van der Waals surface area contributed by atoms with E-state index in [2.05, 4.69) is 0 Å².